The first-order chi connectivity index (χ1) is 12.1. The molecule has 25 heavy (non-hydrogen) atoms. The van der Waals surface area contributed by atoms with Gasteiger partial charge in [-0.25, -0.2) is 4.39 Å². The fourth-order valence-electron chi connectivity index (χ4n) is 3.04. The lowest BCUT2D eigenvalue weighted by Gasteiger charge is -2.23. The zero-order valence-corrected chi connectivity index (χ0v) is 13.5. The number of fused-ring (bicyclic) bond motifs is 1. The van der Waals surface area contributed by atoms with Crippen LogP contribution in [0.2, 0.25) is 0 Å². The Morgan fingerprint density at radius 2 is 1.84 bits per heavy atom. The molecule has 0 atom stereocenters. The molecule has 1 N–H and O–H groups in total. The van der Waals surface area contributed by atoms with E-state index in [1.54, 1.807) is 47.4 Å². The molecule has 0 saturated heterocycles. The van der Waals surface area contributed by atoms with Gasteiger partial charge in [-0.15, -0.1) is 0 Å². The van der Waals surface area contributed by atoms with Crippen LogP contribution in [0.25, 0.3) is 10.8 Å². The molecule has 5 heteroatoms. The molecule has 1 amide bonds. The van der Waals surface area contributed by atoms with E-state index in [1.165, 1.54) is 6.07 Å². The predicted molar refractivity (Wildman–Crippen MR) is 93.9 cm³/mol. The summed E-state index contributed by atoms with van der Waals surface area (Å²) in [6.45, 7) is 0.199. The summed E-state index contributed by atoms with van der Waals surface area (Å²) in [5, 5.41) is 1.27. The summed E-state index contributed by atoms with van der Waals surface area (Å²) >= 11 is 0. The molecule has 0 aliphatic heterocycles. The van der Waals surface area contributed by atoms with Crippen LogP contribution < -0.4 is 5.56 Å². The summed E-state index contributed by atoms with van der Waals surface area (Å²) in [7, 11) is 0. The van der Waals surface area contributed by atoms with Gasteiger partial charge in [0.15, 0.2) is 0 Å². The van der Waals surface area contributed by atoms with E-state index in [-0.39, 0.29) is 35.6 Å². The zero-order chi connectivity index (χ0) is 17.4. The molecule has 1 aliphatic rings. The molecular formula is C20H17FN2O2. The van der Waals surface area contributed by atoms with Crippen molar-refractivity contribution >= 4 is 16.7 Å². The Hall–Kier alpha value is -2.95. The summed E-state index contributed by atoms with van der Waals surface area (Å²) in [6, 6.07) is 15.4. The maximum atomic E-state index is 14.0. The third-order valence-electron chi connectivity index (χ3n) is 4.53. The molecule has 126 valence electrons. The van der Waals surface area contributed by atoms with Gasteiger partial charge in [0.05, 0.1) is 0 Å². The summed E-state index contributed by atoms with van der Waals surface area (Å²) in [5.41, 5.74) is 0.431. The van der Waals surface area contributed by atoms with Crippen LogP contribution in [0.3, 0.4) is 0 Å². The number of pyridine rings is 1. The van der Waals surface area contributed by atoms with Crippen molar-refractivity contribution in [2.75, 3.05) is 0 Å². The molecule has 2 aromatic carbocycles. The SMILES string of the molecule is O=C(c1cc2ccccc2c(=O)[nH]1)N(Cc1ccccc1F)C1CC1. The molecule has 0 unspecified atom stereocenters. The molecule has 1 heterocycles. The Morgan fingerprint density at radius 1 is 1.12 bits per heavy atom. The van der Waals surface area contributed by atoms with E-state index in [4.69, 9.17) is 0 Å². The number of carbonyl (C=O) groups excluding carboxylic acids is 1. The smallest absolute Gasteiger partial charge is 0.270 e. The van der Waals surface area contributed by atoms with E-state index in [1.807, 2.05) is 6.07 Å². The highest BCUT2D eigenvalue weighted by Gasteiger charge is 2.34. The summed E-state index contributed by atoms with van der Waals surface area (Å²) in [5.74, 6) is -0.596. The molecule has 3 aromatic rings. The second-order valence-corrected chi connectivity index (χ2v) is 6.36. The van der Waals surface area contributed by atoms with Crippen LogP contribution in [-0.4, -0.2) is 21.8 Å². The van der Waals surface area contributed by atoms with Crippen LogP contribution in [-0.2, 0) is 6.54 Å². The Balaban J connectivity index is 1.70. The number of hydrogen-bond donors (Lipinski definition) is 1. The van der Waals surface area contributed by atoms with Crippen molar-refractivity contribution in [2.24, 2.45) is 0 Å². The summed E-state index contributed by atoms with van der Waals surface area (Å²) in [6.07, 6.45) is 1.80. The van der Waals surface area contributed by atoms with Gasteiger partial charge in [-0.3, -0.25) is 9.59 Å². The third kappa shape index (κ3) is 3.05. The van der Waals surface area contributed by atoms with Crippen molar-refractivity contribution < 1.29 is 9.18 Å². The lowest BCUT2D eigenvalue weighted by Crippen LogP contribution is -2.34. The molecule has 0 spiro atoms. The third-order valence-corrected chi connectivity index (χ3v) is 4.53. The highest BCUT2D eigenvalue weighted by atomic mass is 19.1. The van der Waals surface area contributed by atoms with Crippen LogP contribution in [0.1, 0.15) is 28.9 Å². The van der Waals surface area contributed by atoms with Gasteiger partial charge in [-0.2, -0.15) is 0 Å². The van der Waals surface area contributed by atoms with Crippen LogP contribution in [0, 0.1) is 5.82 Å². The number of aromatic amines is 1. The standard InChI is InChI=1S/C20H17FN2O2/c21-17-8-4-2-6-14(17)12-23(15-9-10-15)20(25)18-11-13-5-1-3-7-16(13)19(24)22-18/h1-8,11,15H,9-10,12H2,(H,22,24). The molecule has 1 aliphatic carbocycles. The van der Waals surface area contributed by atoms with Crippen molar-refractivity contribution in [1.82, 2.24) is 9.88 Å². The lowest BCUT2D eigenvalue weighted by molar-refractivity contribution is 0.0722. The number of rotatable bonds is 4. The topological polar surface area (TPSA) is 53.2 Å². The number of aromatic nitrogens is 1. The number of nitrogens with one attached hydrogen (secondary N) is 1. The molecule has 1 aromatic heterocycles. The predicted octanol–water partition coefficient (Wildman–Crippen LogP) is 3.47. The Labute approximate surface area is 143 Å². The quantitative estimate of drug-likeness (QED) is 0.793. The maximum Gasteiger partial charge on any atom is 0.270 e. The van der Waals surface area contributed by atoms with Crippen LogP contribution in [0.4, 0.5) is 4.39 Å². The Kier molecular flexibility index (Phi) is 3.84. The highest BCUT2D eigenvalue weighted by molar-refractivity contribution is 5.96. The van der Waals surface area contributed by atoms with E-state index >= 15 is 0 Å². The number of halogens is 1. The van der Waals surface area contributed by atoms with Crippen molar-refractivity contribution in [3.05, 3.63) is 82.0 Å². The van der Waals surface area contributed by atoms with Gasteiger partial charge >= 0.3 is 0 Å². The summed E-state index contributed by atoms with van der Waals surface area (Å²) < 4.78 is 14.0. The zero-order valence-electron chi connectivity index (χ0n) is 13.5. The fourth-order valence-corrected chi connectivity index (χ4v) is 3.04. The first-order valence-electron chi connectivity index (χ1n) is 8.30. The van der Waals surface area contributed by atoms with E-state index in [0.29, 0.717) is 10.9 Å². The molecule has 4 nitrogen and oxygen atoms in total. The second-order valence-electron chi connectivity index (χ2n) is 6.36. The Morgan fingerprint density at radius 3 is 2.60 bits per heavy atom. The maximum absolute atomic E-state index is 14.0. The number of amides is 1. The molecule has 0 radical (unpaired) electrons. The number of nitrogens with zero attached hydrogens (tertiary/aromatic N) is 1. The van der Waals surface area contributed by atoms with Gasteiger partial charge < -0.3 is 9.88 Å². The minimum absolute atomic E-state index is 0.0991. The summed E-state index contributed by atoms with van der Waals surface area (Å²) in [4.78, 5) is 29.5. The number of H-pyrrole nitrogens is 1. The van der Waals surface area contributed by atoms with E-state index in [9.17, 15) is 14.0 Å². The Bertz CT molecular complexity index is 1010. The van der Waals surface area contributed by atoms with Crippen molar-refractivity contribution in [2.45, 2.75) is 25.4 Å². The van der Waals surface area contributed by atoms with Gasteiger partial charge in [0.1, 0.15) is 11.5 Å². The molecule has 1 saturated carbocycles. The molecule has 1 fully saturated rings. The van der Waals surface area contributed by atoms with E-state index in [0.717, 1.165) is 18.2 Å². The van der Waals surface area contributed by atoms with Gasteiger partial charge in [0, 0.05) is 23.5 Å². The van der Waals surface area contributed by atoms with E-state index < -0.39 is 0 Å². The fraction of sp³-hybridized carbons (Fsp3) is 0.200. The average Bonchev–Trinajstić information content (AvgIpc) is 3.45. The number of benzene rings is 2. The minimum atomic E-state index is -0.326. The van der Waals surface area contributed by atoms with Crippen LogP contribution in [0.5, 0.6) is 0 Å². The largest absolute Gasteiger partial charge is 0.330 e. The first-order valence-corrected chi connectivity index (χ1v) is 8.30. The highest BCUT2D eigenvalue weighted by Crippen LogP contribution is 2.30. The lowest BCUT2D eigenvalue weighted by atomic mass is 10.1. The minimum Gasteiger partial charge on any atom is -0.330 e. The van der Waals surface area contributed by atoms with Crippen molar-refractivity contribution in [3.8, 4) is 0 Å². The van der Waals surface area contributed by atoms with E-state index in [2.05, 4.69) is 4.98 Å². The number of carbonyl (C=O) groups is 1. The van der Waals surface area contributed by atoms with Crippen LogP contribution in [0.15, 0.2) is 59.4 Å². The van der Waals surface area contributed by atoms with Crippen molar-refractivity contribution in [3.63, 3.8) is 0 Å². The molecule has 4 rings (SSSR count). The van der Waals surface area contributed by atoms with Gasteiger partial charge in [-0.1, -0.05) is 36.4 Å². The van der Waals surface area contributed by atoms with Gasteiger partial charge in [0.25, 0.3) is 11.5 Å². The monoisotopic (exact) mass is 336 g/mol. The molecule has 0 bridgehead atoms. The van der Waals surface area contributed by atoms with Gasteiger partial charge in [-0.05, 0) is 36.4 Å². The molecular weight excluding hydrogens is 319 g/mol. The van der Waals surface area contributed by atoms with Gasteiger partial charge in [0.2, 0.25) is 0 Å². The average molecular weight is 336 g/mol. The first kappa shape index (κ1) is 15.6. The second kappa shape index (κ2) is 6.16. The number of hydrogen-bond acceptors (Lipinski definition) is 2. The normalized spacial score (nSPS) is 13.8. The van der Waals surface area contributed by atoms with Crippen molar-refractivity contribution in [1.29, 1.82) is 0 Å². The van der Waals surface area contributed by atoms with Crippen LogP contribution >= 0.6 is 0 Å².